The summed E-state index contributed by atoms with van der Waals surface area (Å²) < 4.78 is 34.4. The van der Waals surface area contributed by atoms with Gasteiger partial charge in [-0.2, -0.15) is 4.31 Å². The lowest BCUT2D eigenvalue weighted by molar-refractivity contribution is -0.121. The molecule has 1 amide bonds. The number of carboxylic acid groups (broad SMARTS) is 1. The molecular weight excluding hydrogens is 304 g/mol. The second-order valence-electron chi connectivity index (χ2n) is 4.03. The smallest absolute Gasteiger partial charge is 0.371 e. The highest BCUT2D eigenvalue weighted by molar-refractivity contribution is 7.89. The van der Waals surface area contributed by atoms with E-state index >= 15 is 0 Å². The zero-order valence-electron chi connectivity index (χ0n) is 11.5. The number of methoxy groups -OCH3 is 1. The van der Waals surface area contributed by atoms with Crippen molar-refractivity contribution in [3.63, 3.8) is 0 Å². The van der Waals surface area contributed by atoms with E-state index in [2.05, 4.69) is 5.32 Å². The first-order chi connectivity index (χ1) is 9.78. The van der Waals surface area contributed by atoms with Crippen LogP contribution in [0.5, 0.6) is 0 Å². The first-order valence-electron chi connectivity index (χ1n) is 5.84. The Morgan fingerprint density at radius 1 is 1.43 bits per heavy atom. The van der Waals surface area contributed by atoms with Crippen molar-refractivity contribution in [1.82, 2.24) is 9.62 Å². The number of hydrogen-bond donors (Lipinski definition) is 2. The Labute approximate surface area is 121 Å². The summed E-state index contributed by atoms with van der Waals surface area (Å²) in [5, 5.41) is 10.6. The van der Waals surface area contributed by atoms with Crippen LogP contribution in [0, 0.1) is 0 Å². The van der Waals surface area contributed by atoms with Crippen LogP contribution in [-0.2, 0) is 19.6 Å². The van der Waals surface area contributed by atoms with Crippen molar-refractivity contribution in [2.75, 3.05) is 33.9 Å². The number of carbonyl (C=O) groups is 2. The Kier molecular flexibility index (Phi) is 5.88. The number of amides is 1. The summed E-state index contributed by atoms with van der Waals surface area (Å²) in [4.78, 5) is 22.2. The maximum atomic E-state index is 12.1. The molecule has 0 spiro atoms. The molecule has 9 nitrogen and oxygen atoms in total. The molecule has 0 aliphatic carbocycles. The Balaban J connectivity index is 2.72. The molecule has 2 N–H and O–H groups in total. The van der Waals surface area contributed by atoms with E-state index in [1.807, 2.05) is 0 Å². The van der Waals surface area contributed by atoms with Crippen molar-refractivity contribution in [2.45, 2.75) is 5.09 Å². The van der Waals surface area contributed by atoms with Gasteiger partial charge in [-0.05, 0) is 12.1 Å². The summed E-state index contributed by atoms with van der Waals surface area (Å²) in [5.74, 6) is -2.38. The van der Waals surface area contributed by atoms with Crippen LogP contribution in [0.1, 0.15) is 10.6 Å². The lowest BCUT2D eigenvalue weighted by Crippen LogP contribution is -2.39. The molecule has 1 aromatic rings. The van der Waals surface area contributed by atoms with E-state index in [9.17, 15) is 18.0 Å². The second-order valence-corrected chi connectivity index (χ2v) is 6.00. The molecule has 0 saturated carbocycles. The van der Waals surface area contributed by atoms with Crippen molar-refractivity contribution in [3.05, 3.63) is 17.9 Å². The molecule has 0 radical (unpaired) electrons. The van der Waals surface area contributed by atoms with Crippen LogP contribution in [0.2, 0.25) is 0 Å². The van der Waals surface area contributed by atoms with Crippen molar-refractivity contribution >= 4 is 21.9 Å². The van der Waals surface area contributed by atoms with Gasteiger partial charge in [0.2, 0.25) is 16.8 Å². The van der Waals surface area contributed by atoms with Crippen LogP contribution >= 0.6 is 0 Å². The zero-order valence-corrected chi connectivity index (χ0v) is 12.3. The van der Waals surface area contributed by atoms with Crippen LogP contribution < -0.4 is 5.32 Å². The van der Waals surface area contributed by atoms with Crippen LogP contribution in [0.3, 0.4) is 0 Å². The Morgan fingerprint density at radius 2 is 2.10 bits per heavy atom. The number of carboxylic acids is 1. The van der Waals surface area contributed by atoms with Gasteiger partial charge in [0.25, 0.3) is 10.0 Å². The van der Waals surface area contributed by atoms with Crippen molar-refractivity contribution in [2.24, 2.45) is 0 Å². The summed E-state index contributed by atoms with van der Waals surface area (Å²) in [6.45, 7) is 0.143. The zero-order chi connectivity index (χ0) is 16.0. The minimum atomic E-state index is -4.07. The number of furan rings is 1. The average molecular weight is 320 g/mol. The summed E-state index contributed by atoms with van der Waals surface area (Å²) >= 11 is 0. The third-order valence-corrected chi connectivity index (χ3v) is 4.13. The van der Waals surface area contributed by atoms with Gasteiger partial charge < -0.3 is 19.6 Å². The highest BCUT2D eigenvalue weighted by atomic mass is 32.2. The van der Waals surface area contributed by atoms with Gasteiger partial charge >= 0.3 is 5.97 Å². The van der Waals surface area contributed by atoms with Gasteiger partial charge in [0, 0.05) is 20.7 Å². The maximum Gasteiger partial charge on any atom is 0.371 e. The predicted octanol–water partition coefficient (Wildman–Crippen LogP) is -0.639. The molecule has 0 aromatic carbocycles. The number of carbonyl (C=O) groups excluding carboxylic acids is 1. The molecule has 1 aromatic heterocycles. The van der Waals surface area contributed by atoms with Gasteiger partial charge in [-0.25, -0.2) is 13.2 Å². The van der Waals surface area contributed by atoms with E-state index in [0.29, 0.717) is 6.61 Å². The fourth-order valence-corrected chi connectivity index (χ4v) is 2.39. The van der Waals surface area contributed by atoms with Gasteiger partial charge in [-0.3, -0.25) is 4.79 Å². The third-order valence-electron chi connectivity index (χ3n) is 2.45. The number of ether oxygens (including phenoxy) is 1. The fraction of sp³-hybridized carbons (Fsp3) is 0.455. The molecule has 0 fully saturated rings. The quantitative estimate of drug-likeness (QED) is 0.610. The maximum absolute atomic E-state index is 12.1. The summed E-state index contributed by atoms with van der Waals surface area (Å²) in [6, 6.07) is 2.06. The van der Waals surface area contributed by atoms with E-state index in [1.54, 1.807) is 0 Å². The number of hydrogen-bond acceptors (Lipinski definition) is 6. The molecule has 0 unspecified atom stereocenters. The second kappa shape index (κ2) is 7.20. The molecule has 1 heterocycles. The first-order valence-corrected chi connectivity index (χ1v) is 7.28. The molecule has 0 saturated heterocycles. The topological polar surface area (TPSA) is 126 Å². The molecule has 0 aliphatic rings. The molecule has 10 heteroatoms. The van der Waals surface area contributed by atoms with Gasteiger partial charge in [0.05, 0.1) is 13.2 Å². The summed E-state index contributed by atoms with van der Waals surface area (Å²) in [7, 11) is -1.41. The SMILES string of the molecule is COCCNC(=O)CN(C)S(=O)(=O)c1ccc(C(=O)O)o1. The molecule has 0 aliphatic heterocycles. The van der Waals surface area contributed by atoms with Gasteiger partial charge in [-0.15, -0.1) is 0 Å². The van der Waals surface area contributed by atoms with E-state index < -0.39 is 39.3 Å². The minimum absolute atomic E-state index is 0.257. The monoisotopic (exact) mass is 320 g/mol. The van der Waals surface area contributed by atoms with E-state index in [0.717, 1.165) is 16.4 Å². The highest BCUT2D eigenvalue weighted by Gasteiger charge is 2.27. The Hall–Kier alpha value is -1.91. The minimum Gasteiger partial charge on any atom is -0.475 e. The van der Waals surface area contributed by atoms with Crippen molar-refractivity contribution < 1.29 is 32.3 Å². The van der Waals surface area contributed by atoms with E-state index in [4.69, 9.17) is 14.3 Å². The number of nitrogens with zero attached hydrogens (tertiary/aromatic N) is 1. The molecule has 0 bridgehead atoms. The van der Waals surface area contributed by atoms with Crippen molar-refractivity contribution in [3.8, 4) is 0 Å². The molecule has 1 rings (SSSR count). The predicted molar refractivity (Wildman–Crippen MR) is 70.4 cm³/mol. The van der Waals surface area contributed by atoms with Crippen molar-refractivity contribution in [1.29, 1.82) is 0 Å². The van der Waals surface area contributed by atoms with E-state index in [1.165, 1.54) is 14.2 Å². The van der Waals surface area contributed by atoms with Crippen LogP contribution in [-0.4, -0.2) is 63.6 Å². The molecule has 118 valence electrons. The van der Waals surface area contributed by atoms with Gasteiger partial charge in [0.15, 0.2) is 0 Å². The summed E-state index contributed by atoms with van der Waals surface area (Å²) in [5.41, 5.74) is 0. The number of nitrogens with one attached hydrogen (secondary N) is 1. The number of rotatable bonds is 8. The molecule has 21 heavy (non-hydrogen) atoms. The van der Waals surface area contributed by atoms with Gasteiger partial charge in [-0.1, -0.05) is 0 Å². The van der Waals surface area contributed by atoms with Crippen LogP contribution in [0.15, 0.2) is 21.6 Å². The molecular formula is C11H16N2O7S. The number of likely N-dealkylation sites (N-methyl/N-ethyl adjacent to an activating group) is 1. The number of sulfonamides is 1. The Morgan fingerprint density at radius 3 is 2.62 bits per heavy atom. The fourth-order valence-electron chi connectivity index (χ4n) is 1.36. The third kappa shape index (κ3) is 4.55. The van der Waals surface area contributed by atoms with Crippen LogP contribution in [0.25, 0.3) is 0 Å². The Bertz CT molecular complexity index is 608. The standard InChI is InChI=1S/C11H16N2O7S/c1-13(7-9(14)12-5-6-19-2)21(17,18)10-4-3-8(20-10)11(15)16/h3-4H,5-7H2,1-2H3,(H,12,14)(H,15,16). The van der Waals surface area contributed by atoms with Crippen LogP contribution in [0.4, 0.5) is 0 Å². The largest absolute Gasteiger partial charge is 0.475 e. The average Bonchev–Trinajstić information content (AvgIpc) is 2.89. The molecule has 0 atom stereocenters. The normalized spacial score (nSPS) is 11.6. The first kappa shape index (κ1) is 17.1. The van der Waals surface area contributed by atoms with Gasteiger partial charge in [0.1, 0.15) is 0 Å². The van der Waals surface area contributed by atoms with E-state index in [-0.39, 0.29) is 6.54 Å². The summed E-state index contributed by atoms with van der Waals surface area (Å²) in [6.07, 6.45) is 0. The lowest BCUT2D eigenvalue weighted by Gasteiger charge is -2.14. The number of aromatic carboxylic acids is 1. The lowest BCUT2D eigenvalue weighted by atomic mass is 10.5. The highest BCUT2D eigenvalue weighted by Crippen LogP contribution is 2.17.